The molecule has 0 radical (unpaired) electrons. The number of hydrogen-bond donors (Lipinski definition) is 8. The van der Waals surface area contributed by atoms with Crippen molar-refractivity contribution < 1.29 is 50.0 Å². The Morgan fingerprint density at radius 1 is 0.500 bits per heavy atom. The Bertz CT molecular complexity index is 1220. The Morgan fingerprint density at radius 2 is 0.889 bits per heavy atom. The van der Waals surface area contributed by atoms with E-state index in [2.05, 4.69) is 43.5 Å². The summed E-state index contributed by atoms with van der Waals surface area (Å²) < 4.78 is 11.2. The van der Waals surface area contributed by atoms with Gasteiger partial charge in [0.15, 0.2) is 6.29 Å². The van der Waals surface area contributed by atoms with Crippen LogP contribution in [0.3, 0.4) is 0 Å². The summed E-state index contributed by atoms with van der Waals surface area (Å²) in [5.41, 5.74) is 0. The Morgan fingerprint density at radius 3 is 1.31 bits per heavy atom. The van der Waals surface area contributed by atoms with Crippen LogP contribution in [0, 0.1) is 0 Å². The lowest BCUT2D eigenvalue weighted by atomic mass is 9.98. The van der Waals surface area contributed by atoms with Crippen LogP contribution in [0.15, 0.2) is 24.3 Å². The van der Waals surface area contributed by atoms with Crippen molar-refractivity contribution in [2.45, 2.75) is 345 Å². The molecule has 1 aliphatic rings. The van der Waals surface area contributed by atoms with Gasteiger partial charge in [-0.15, -0.1) is 0 Å². The van der Waals surface area contributed by atoms with Crippen molar-refractivity contribution in [3.63, 3.8) is 0 Å². The van der Waals surface area contributed by atoms with E-state index in [1.165, 1.54) is 199 Å². The fraction of sp³-hybridized carbons (Fsp3) is 0.918. The molecule has 0 bridgehead atoms. The number of ether oxygens (including phenoxy) is 2. The summed E-state index contributed by atoms with van der Waals surface area (Å²) in [7, 11) is 0. The van der Waals surface area contributed by atoms with Gasteiger partial charge in [-0.25, -0.2) is 0 Å². The number of aliphatic hydroxyl groups is 7. The van der Waals surface area contributed by atoms with Crippen molar-refractivity contribution in [2.75, 3.05) is 13.2 Å². The number of carbonyl (C=O) groups is 1. The second-order valence-electron chi connectivity index (χ2n) is 21.8. The third-order valence-electron chi connectivity index (χ3n) is 15.0. The van der Waals surface area contributed by atoms with Crippen LogP contribution in [-0.4, -0.2) is 110 Å². The summed E-state index contributed by atoms with van der Waals surface area (Å²) in [5.74, 6) is -0.694. The first kappa shape index (κ1) is 68.6. The number of rotatable bonds is 53. The van der Waals surface area contributed by atoms with Gasteiger partial charge in [0.1, 0.15) is 36.6 Å². The second kappa shape index (κ2) is 50.4. The van der Waals surface area contributed by atoms with E-state index in [-0.39, 0.29) is 6.42 Å². The van der Waals surface area contributed by atoms with Crippen LogP contribution in [0.25, 0.3) is 0 Å². The van der Waals surface area contributed by atoms with E-state index in [0.29, 0.717) is 19.3 Å². The molecule has 0 spiro atoms. The van der Waals surface area contributed by atoms with Crippen molar-refractivity contribution in [1.82, 2.24) is 5.32 Å². The van der Waals surface area contributed by atoms with Gasteiger partial charge < -0.3 is 50.5 Å². The van der Waals surface area contributed by atoms with Gasteiger partial charge in [0, 0.05) is 0 Å². The van der Waals surface area contributed by atoms with Crippen LogP contribution in [0.2, 0.25) is 0 Å². The number of allylic oxidation sites excluding steroid dienone is 4. The van der Waals surface area contributed by atoms with Crippen molar-refractivity contribution >= 4 is 5.91 Å². The third kappa shape index (κ3) is 38.2. The molecular weight excluding hydrogens is 907 g/mol. The second-order valence-corrected chi connectivity index (χ2v) is 21.8. The lowest BCUT2D eigenvalue weighted by molar-refractivity contribution is -0.303. The predicted octanol–water partition coefficient (Wildman–Crippen LogP) is 13.3. The molecule has 11 heteroatoms. The summed E-state index contributed by atoms with van der Waals surface area (Å²) in [6.45, 7) is 3.39. The molecule has 9 atom stereocenters. The fourth-order valence-electron chi connectivity index (χ4n) is 10.1. The first-order chi connectivity index (χ1) is 35.2. The summed E-state index contributed by atoms with van der Waals surface area (Å²) in [6.07, 6.45) is 49.5. The largest absolute Gasteiger partial charge is 0.394 e. The average Bonchev–Trinajstić information content (AvgIpc) is 3.38. The summed E-state index contributed by atoms with van der Waals surface area (Å²) in [5, 5.41) is 76.3. The molecule has 11 nitrogen and oxygen atoms in total. The number of amides is 1. The number of unbranched alkanes of at least 4 members (excludes halogenated alkanes) is 37. The van der Waals surface area contributed by atoms with Gasteiger partial charge in [-0.3, -0.25) is 4.79 Å². The molecule has 1 heterocycles. The highest BCUT2D eigenvalue weighted by Crippen LogP contribution is 2.24. The molecule has 1 aliphatic heterocycles. The monoisotopic (exact) mass is 1020 g/mol. The van der Waals surface area contributed by atoms with E-state index in [1.807, 2.05) is 0 Å². The Hall–Kier alpha value is -1.41. The van der Waals surface area contributed by atoms with Gasteiger partial charge >= 0.3 is 0 Å². The van der Waals surface area contributed by atoms with Gasteiger partial charge in [-0.1, -0.05) is 276 Å². The minimum absolute atomic E-state index is 0.261. The number of hydrogen-bond acceptors (Lipinski definition) is 10. The highest BCUT2D eigenvalue weighted by Gasteiger charge is 2.44. The SMILES string of the molecule is CC/C=C\C/C=C\CCCCCCCCCCCCCCCC(O)C(=O)NC(COC1OC(CO)C(O)C(O)C1O)C(O)C(O)CCCCCCCCCCCCCCCCCCCCCCCCCCC. The van der Waals surface area contributed by atoms with Crippen LogP contribution in [0.4, 0.5) is 0 Å². The predicted molar refractivity (Wildman–Crippen MR) is 298 cm³/mol. The molecule has 0 saturated carbocycles. The van der Waals surface area contributed by atoms with Crippen LogP contribution in [0.5, 0.6) is 0 Å². The van der Waals surface area contributed by atoms with E-state index < -0.39 is 74.2 Å². The molecule has 1 fully saturated rings. The molecule has 72 heavy (non-hydrogen) atoms. The summed E-state index contributed by atoms with van der Waals surface area (Å²) in [4.78, 5) is 13.2. The standard InChI is InChI=1S/C61H117NO10/c1-3-5-7-9-11-13-15-17-19-21-23-25-26-27-28-29-31-32-34-36-38-40-42-44-46-48-53(64)56(66)52(51-71-61-59(69)58(68)57(67)55(50-63)72-61)62-60(70)54(65)49-47-45-43-41-39-37-35-33-30-24-22-20-18-16-14-12-10-8-6-4-2/h6,8,12,14,52-59,61,63-69H,3-5,7,9-11,13,15-51H2,1-2H3,(H,62,70)/b8-6-,14-12-. The Labute approximate surface area is 442 Å². The third-order valence-corrected chi connectivity index (χ3v) is 15.0. The first-order valence-electron chi connectivity index (χ1n) is 30.7. The normalized spacial score (nSPS) is 20.2. The number of carbonyl (C=O) groups excluding carboxylic acids is 1. The Balaban J connectivity index is 2.26. The zero-order chi connectivity index (χ0) is 52.5. The molecule has 0 aromatic heterocycles. The van der Waals surface area contributed by atoms with E-state index in [0.717, 1.165) is 51.4 Å². The van der Waals surface area contributed by atoms with E-state index in [1.54, 1.807) is 0 Å². The molecule has 8 N–H and O–H groups in total. The van der Waals surface area contributed by atoms with Crippen molar-refractivity contribution in [1.29, 1.82) is 0 Å². The van der Waals surface area contributed by atoms with Crippen molar-refractivity contribution in [2.24, 2.45) is 0 Å². The van der Waals surface area contributed by atoms with Crippen LogP contribution >= 0.6 is 0 Å². The fourth-order valence-corrected chi connectivity index (χ4v) is 10.1. The molecular formula is C61H117NO10. The zero-order valence-corrected chi connectivity index (χ0v) is 46.7. The molecule has 1 saturated heterocycles. The minimum Gasteiger partial charge on any atom is -0.394 e. The van der Waals surface area contributed by atoms with Crippen LogP contribution in [0.1, 0.15) is 290 Å². The number of aliphatic hydroxyl groups excluding tert-OH is 7. The van der Waals surface area contributed by atoms with Gasteiger partial charge in [0.25, 0.3) is 0 Å². The maximum Gasteiger partial charge on any atom is 0.249 e. The maximum atomic E-state index is 13.2. The highest BCUT2D eigenvalue weighted by molar-refractivity contribution is 5.80. The lowest BCUT2D eigenvalue weighted by Gasteiger charge is -2.40. The highest BCUT2D eigenvalue weighted by atomic mass is 16.7. The number of nitrogens with one attached hydrogen (secondary N) is 1. The summed E-state index contributed by atoms with van der Waals surface area (Å²) in [6, 6.07) is -1.17. The molecule has 0 aromatic carbocycles. The Kier molecular flexibility index (Phi) is 48.0. The topological polar surface area (TPSA) is 189 Å². The molecule has 0 aliphatic carbocycles. The zero-order valence-electron chi connectivity index (χ0n) is 46.7. The van der Waals surface area contributed by atoms with E-state index >= 15 is 0 Å². The quantitative estimate of drug-likeness (QED) is 0.0215. The van der Waals surface area contributed by atoms with Crippen LogP contribution in [-0.2, 0) is 14.3 Å². The van der Waals surface area contributed by atoms with Gasteiger partial charge in [0.2, 0.25) is 5.91 Å². The minimum atomic E-state index is -1.66. The van der Waals surface area contributed by atoms with E-state index in [4.69, 9.17) is 9.47 Å². The molecule has 1 amide bonds. The van der Waals surface area contributed by atoms with Crippen LogP contribution < -0.4 is 5.32 Å². The smallest absolute Gasteiger partial charge is 0.249 e. The van der Waals surface area contributed by atoms with Gasteiger partial charge in [-0.2, -0.15) is 0 Å². The lowest BCUT2D eigenvalue weighted by Crippen LogP contribution is -2.60. The average molecular weight is 1020 g/mol. The van der Waals surface area contributed by atoms with Crippen molar-refractivity contribution in [3.05, 3.63) is 24.3 Å². The molecule has 426 valence electrons. The maximum absolute atomic E-state index is 13.2. The van der Waals surface area contributed by atoms with Gasteiger partial charge in [0.05, 0.1) is 25.4 Å². The molecule has 0 aromatic rings. The van der Waals surface area contributed by atoms with Gasteiger partial charge in [-0.05, 0) is 38.5 Å². The molecule has 9 unspecified atom stereocenters. The molecule has 1 rings (SSSR count). The van der Waals surface area contributed by atoms with Crippen molar-refractivity contribution in [3.8, 4) is 0 Å². The first-order valence-corrected chi connectivity index (χ1v) is 30.7. The summed E-state index contributed by atoms with van der Waals surface area (Å²) >= 11 is 0. The van der Waals surface area contributed by atoms with E-state index in [9.17, 15) is 40.5 Å².